The van der Waals surface area contributed by atoms with Crippen molar-refractivity contribution < 1.29 is 0 Å². The van der Waals surface area contributed by atoms with E-state index in [0.29, 0.717) is 12.0 Å². The molecule has 1 aliphatic carbocycles. The SMILES string of the molecule is C[C@@H](N)C1Cc2ccccc2C1. The molecule has 0 saturated carbocycles. The lowest BCUT2D eigenvalue weighted by Crippen LogP contribution is -2.26. The summed E-state index contributed by atoms with van der Waals surface area (Å²) in [6.07, 6.45) is 2.35. The normalized spacial score (nSPS) is 19.2. The van der Waals surface area contributed by atoms with Gasteiger partial charge in [0.2, 0.25) is 0 Å². The molecule has 1 aromatic carbocycles. The highest BCUT2D eigenvalue weighted by Crippen LogP contribution is 2.27. The van der Waals surface area contributed by atoms with Crippen LogP contribution in [-0.2, 0) is 12.8 Å². The second kappa shape index (κ2) is 2.91. The molecule has 1 aromatic rings. The van der Waals surface area contributed by atoms with E-state index in [2.05, 4.69) is 31.2 Å². The topological polar surface area (TPSA) is 26.0 Å². The van der Waals surface area contributed by atoms with E-state index in [0.717, 1.165) is 0 Å². The lowest BCUT2D eigenvalue weighted by Gasteiger charge is -2.12. The number of hydrogen-bond donors (Lipinski definition) is 1. The van der Waals surface area contributed by atoms with E-state index in [4.69, 9.17) is 5.73 Å². The zero-order chi connectivity index (χ0) is 8.55. The highest BCUT2D eigenvalue weighted by Gasteiger charge is 2.23. The summed E-state index contributed by atoms with van der Waals surface area (Å²) in [5.74, 6) is 0.669. The van der Waals surface area contributed by atoms with E-state index >= 15 is 0 Å². The predicted molar refractivity (Wildman–Crippen MR) is 51.0 cm³/mol. The van der Waals surface area contributed by atoms with Crippen molar-refractivity contribution in [2.45, 2.75) is 25.8 Å². The minimum Gasteiger partial charge on any atom is -0.328 e. The van der Waals surface area contributed by atoms with Gasteiger partial charge in [-0.15, -0.1) is 0 Å². The monoisotopic (exact) mass is 161 g/mol. The van der Waals surface area contributed by atoms with Gasteiger partial charge >= 0.3 is 0 Å². The summed E-state index contributed by atoms with van der Waals surface area (Å²) >= 11 is 0. The molecule has 0 saturated heterocycles. The Kier molecular flexibility index (Phi) is 1.89. The van der Waals surface area contributed by atoms with Crippen LogP contribution in [0, 0.1) is 5.92 Å². The van der Waals surface area contributed by atoms with E-state index < -0.39 is 0 Å². The van der Waals surface area contributed by atoms with Gasteiger partial charge in [0.1, 0.15) is 0 Å². The van der Waals surface area contributed by atoms with Gasteiger partial charge < -0.3 is 5.73 Å². The fraction of sp³-hybridized carbons (Fsp3) is 0.455. The molecule has 1 aliphatic rings. The molecule has 1 heteroatoms. The van der Waals surface area contributed by atoms with Crippen LogP contribution < -0.4 is 5.73 Å². The molecule has 0 aromatic heterocycles. The Hall–Kier alpha value is -0.820. The highest BCUT2D eigenvalue weighted by atomic mass is 14.6. The fourth-order valence-electron chi connectivity index (χ4n) is 1.96. The van der Waals surface area contributed by atoms with Crippen LogP contribution in [0.2, 0.25) is 0 Å². The third kappa shape index (κ3) is 1.25. The summed E-state index contributed by atoms with van der Waals surface area (Å²) in [5.41, 5.74) is 8.88. The van der Waals surface area contributed by atoms with Crippen molar-refractivity contribution in [1.29, 1.82) is 0 Å². The minimum atomic E-state index is 0.331. The largest absolute Gasteiger partial charge is 0.328 e. The van der Waals surface area contributed by atoms with Gasteiger partial charge in [-0.25, -0.2) is 0 Å². The first-order valence-electron chi connectivity index (χ1n) is 4.59. The van der Waals surface area contributed by atoms with Crippen LogP contribution in [0.25, 0.3) is 0 Å². The highest BCUT2D eigenvalue weighted by molar-refractivity contribution is 5.32. The van der Waals surface area contributed by atoms with Gasteiger partial charge in [-0.1, -0.05) is 24.3 Å². The molecule has 0 amide bonds. The molecule has 0 aliphatic heterocycles. The average molecular weight is 161 g/mol. The van der Waals surface area contributed by atoms with Gasteiger partial charge in [-0.05, 0) is 36.8 Å². The molecule has 0 fully saturated rings. The van der Waals surface area contributed by atoms with Gasteiger partial charge in [0.15, 0.2) is 0 Å². The Labute approximate surface area is 73.6 Å². The number of nitrogens with two attached hydrogens (primary N) is 1. The first-order chi connectivity index (χ1) is 5.77. The molecule has 0 bridgehead atoms. The van der Waals surface area contributed by atoms with Crippen LogP contribution in [0.1, 0.15) is 18.1 Å². The van der Waals surface area contributed by atoms with Crippen molar-refractivity contribution in [3.8, 4) is 0 Å². The molecule has 0 spiro atoms. The lowest BCUT2D eigenvalue weighted by atomic mass is 9.99. The second-order valence-electron chi connectivity index (χ2n) is 3.80. The van der Waals surface area contributed by atoms with Gasteiger partial charge in [0.25, 0.3) is 0 Å². The molecule has 0 radical (unpaired) electrons. The predicted octanol–water partition coefficient (Wildman–Crippen LogP) is 1.75. The third-order valence-electron chi connectivity index (χ3n) is 2.83. The Morgan fingerprint density at radius 2 is 1.75 bits per heavy atom. The summed E-state index contributed by atoms with van der Waals surface area (Å²) < 4.78 is 0. The van der Waals surface area contributed by atoms with Crippen LogP contribution in [0.4, 0.5) is 0 Å². The van der Waals surface area contributed by atoms with Gasteiger partial charge in [-0.2, -0.15) is 0 Å². The Bertz CT molecular complexity index is 253. The third-order valence-corrected chi connectivity index (χ3v) is 2.83. The van der Waals surface area contributed by atoms with Crippen molar-refractivity contribution in [1.82, 2.24) is 0 Å². The van der Waals surface area contributed by atoms with Crippen molar-refractivity contribution in [2.75, 3.05) is 0 Å². The number of benzene rings is 1. The number of rotatable bonds is 1. The first-order valence-corrected chi connectivity index (χ1v) is 4.59. The average Bonchev–Trinajstić information content (AvgIpc) is 2.46. The van der Waals surface area contributed by atoms with Crippen LogP contribution in [0.3, 0.4) is 0 Å². The molecular weight excluding hydrogens is 146 g/mol. The Morgan fingerprint density at radius 1 is 1.25 bits per heavy atom. The molecule has 0 unspecified atom stereocenters. The van der Waals surface area contributed by atoms with Crippen LogP contribution >= 0.6 is 0 Å². The standard InChI is InChI=1S/C11H15N/c1-8(12)11-6-9-4-2-3-5-10(9)7-11/h2-5,8,11H,6-7,12H2,1H3/t8-/m1/s1. The molecule has 0 heterocycles. The van der Waals surface area contributed by atoms with E-state index in [-0.39, 0.29) is 0 Å². The first kappa shape index (κ1) is 7.81. The maximum Gasteiger partial charge on any atom is 0.00451 e. The zero-order valence-electron chi connectivity index (χ0n) is 7.46. The maximum atomic E-state index is 5.88. The second-order valence-corrected chi connectivity index (χ2v) is 3.80. The molecule has 64 valence electrons. The molecule has 2 N–H and O–H groups in total. The van der Waals surface area contributed by atoms with Gasteiger partial charge in [-0.3, -0.25) is 0 Å². The molecule has 12 heavy (non-hydrogen) atoms. The summed E-state index contributed by atoms with van der Waals surface area (Å²) in [6.45, 7) is 2.11. The van der Waals surface area contributed by atoms with E-state index in [1.54, 1.807) is 0 Å². The Morgan fingerprint density at radius 3 is 2.17 bits per heavy atom. The van der Waals surface area contributed by atoms with Crippen LogP contribution in [0.15, 0.2) is 24.3 Å². The van der Waals surface area contributed by atoms with E-state index in [1.165, 1.54) is 24.0 Å². The van der Waals surface area contributed by atoms with E-state index in [9.17, 15) is 0 Å². The van der Waals surface area contributed by atoms with Crippen molar-refractivity contribution in [3.05, 3.63) is 35.4 Å². The number of hydrogen-bond acceptors (Lipinski definition) is 1. The molecule has 1 atom stereocenters. The summed E-state index contributed by atoms with van der Waals surface area (Å²) in [6, 6.07) is 9.00. The van der Waals surface area contributed by atoms with Crippen molar-refractivity contribution >= 4 is 0 Å². The fourth-order valence-corrected chi connectivity index (χ4v) is 1.96. The molecule has 2 rings (SSSR count). The minimum absolute atomic E-state index is 0.331. The van der Waals surface area contributed by atoms with Crippen molar-refractivity contribution in [2.24, 2.45) is 11.7 Å². The van der Waals surface area contributed by atoms with Crippen LogP contribution in [-0.4, -0.2) is 6.04 Å². The number of fused-ring (bicyclic) bond motifs is 1. The smallest absolute Gasteiger partial charge is 0.00451 e. The quantitative estimate of drug-likeness (QED) is 0.667. The maximum absolute atomic E-state index is 5.88. The summed E-state index contributed by atoms with van der Waals surface area (Å²) in [5, 5.41) is 0. The Balaban J connectivity index is 2.22. The lowest BCUT2D eigenvalue weighted by molar-refractivity contribution is 0.467. The van der Waals surface area contributed by atoms with Gasteiger partial charge in [0.05, 0.1) is 0 Å². The van der Waals surface area contributed by atoms with Crippen molar-refractivity contribution in [3.63, 3.8) is 0 Å². The van der Waals surface area contributed by atoms with Gasteiger partial charge in [0, 0.05) is 6.04 Å². The summed E-state index contributed by atoms with van der Waals surface area (Å²) in [7, 11) is 0. The summed E-state index contributed by atoms with van der Waals surface area (Å²) in [4.78, 5) is 0. The molecule has 1 nitrogen and oxygen atoms in total. The van der Waals surface area contributed by atoms with Crippen LogP contribution in [0.5, 0.6) is 0 Å². The molecular formula is C11H15N. The zero-order valence-corrected chi connectivity index (χ0v) is 7.46. The van der Waals surface area contributed by atoms with E-state index in [1.807, 2.05) is 0 Å².